The first-order chi connectivity index (χ1) is 10.1. The number of amides is 1. The summed E-state index contributed by atoms with van der Waals surface area (Å²) in [6.45, 7) is 1.55. The van der Waals surface area contributed by atoms with Crippen LogP contribution in [0.5, 0.6) is 0 Å². The van der Waals surface area contributed by atoms with Crippen LogP contribution < -0.4 is 4.90 Å². The molecule has 1 atom stereocenters. The lowest BCUT2D eigenvalue weighted by Crippen LogP contribution is -2.37. The molecule has 0 aliphatic rings. The molecule has 21 heavy (non-hydrogen) atoms. The molecular weight excluding hydrogens is 268 g/mol. The van der Waals surface area contributed by atoms with Gasteiger partial charge >= 0.3 is 5.97 Å². The Hall–Kier alpha value is -2.69. The molecule has 0 saturated heterocycles. The van der Waals surface area contributed by atoms with E-state index in [0.29, 0.717) is 5.56 Å². The Morgan fingerprint density at radius 2 is 1.86 bits per heavy atom. The summed E-state index contributed by atoms with van der Waals surface area (Å²) in [4.78, 5) is 29.4. The van der Waals surface area contributed by atoms with E-state index in [4.69, 9.17) is 4.74 Å². The summed E-state index contributed by atoms with van der Waals surface area (Å²) in [5, 5.41) is 0. The first-order valence-electron chi connectivity index (χ1n) is 6.53. The SMILES string of the molecule is CC(OC(=O)c1cccnc1)C(=O)N(C)c1ccccc1. The summed E-state index contributed by atoms with van der Waals surface area (Å²) < 4.78 is 5.17. The lowest BCUT2D eigenvalue weighted by molar-refractivity contribution is -0.126. The molecule has 0 aliphatic heterocycles. The van der Waals surface area contributed by atoms with E-state index in [0.717, 1.165) is 5.69 Å². The molecule has 2 aromatic rings. The van der Waals surface area contributed by atoms with E-state index in [-0.39, 0.29) is 5.91 Å². The van der Waals surface area contributed by atoms with Gasteiger partial charge in [0.1, 0.15) is 0 Å². The highest BCUT2D eigenvalue weighted by Gasteiger charge is 2.23. The minimum atomic E-state index is -0.872. The third kappa shape index (κ3) is 3.66. The van der Waals surface area contributed by atoms with E-state index in [1.54, 1.807) is 32.3 Å². The number of para-hydroxylation sites is 1. The van der Waals surface area contributed by atoms with Crippen LogP contribution in [0.4, 0.5) is 5.69 Å². The predicted molar refractivity (Wildman–Crippen MR) is 79.0 cm³/mol. The monoisotopic (exact) mass is 284 g/mol. The van der Waals surface area contributed by atoms with Gasteiger partial charge in [0.2, 0.25) is 0 Å². The molecule has 0 aliphatic carbocycles. The summed E-state index contributed by atoms with van der Waals surface area (Å²) >= 11 is 0. The van der Waals surface area contributed by atoms with Crippen molar-refractivity contribution in [3.05, 3.63) is 60.4 Å². The number of carbonyl (C=O) groups excluding carboxylic acids is 2. The number of hydrogen-bond acceptors (Lipinski definition) is 4. The zero-order valence-corrected chi connectivity index (χ0v) is 11.9. The van der Waals surface area contributed by atoms with Crippen molar-refractivity contribution in [3.8, 4) is 0 Å². The van der Waals surface area contributed by atoms with E-state index in [9.17, 15) is 9.59 Å². The molecule has 0 spiro atoms. The van der Waals surface area contributed by atoms with Crippen LogP contribution in [0.3, 0.4) is 0 Å². The van der Waals surface area contributed by atoms with Crippen molar-refractivity contribution in [3.63, 3.8) is 0 Å². The highest BCUT2D eigenvalue weighted by atomic mass is 16.5. The van der Waals surface area contributed by atoms with Crippen molar-refractivity contribution in [2.24, 2.45) is 0 Å². The van der Waals surface area contributed by atoms with Gasteiger partial charge in [-0.3, -0.25) is 9.78 Å². The third-order valence-corrected chi connectivity index (χ3v) is 3.00. The number of anilines is 1. The average molecular weight is 284 g/mol. The molecule has 0 bridgehead atoms. The Labute approximate surface area is 123 Å². The summed E-state index contributed by atoms with van der Waals surface area (Å²) in [7, 11) is 1.64. The van der Waals surface area contributed by atoms with Crippen LogP contribution in [0.1, 0.15) is 17.3 Å². The van der Waals surface area contributed by atoms with Gasteiger partial charge in [0.15, 0.2) is 6.10 Å². The Kier molecular flexibility index (Phi) is 4.66. The highest BCUT2D eigenvalue weighted by Crippen LogP contribution is 2.13. The lowest BCUT2D eigenvalue weighted by atomic mass is 10.2. The van der Waals surface area contributed by atoms with E-state index >= 15 is 0 Å². The smallest absolute Gasteiger partial charge is 0.340 e. The van der Waals surface area contributed by atoms with Crippen LogP contribution >= 0.6 is 0 Å². The first kappa shape index (κ1) is 14.7. The molecule has 2 rings (SSSR count). The summed E-state index contributed by atoms with van der Waals surface area (Å²) in [5.41, 5.74) is 1.06. The van der Waals surface area contributed by atoms with Gasteiger partial charge in [0, 0.05) is 25.1 Å². The average Bonchev–Trinajstić information content (AvgIpc) is 2.55. The number of likely N-dealkylation sites (N-methyl/N-ethyl adjacent to an activating group) is 1. The van der Waals surface area contributed by atoms with Gasteiger partial charge in [-0.15, -0.1) is 0 Å². The standard InChI is InChI=1S/C16H16N2O3/c1-12(21-16(20)13-7-6-10-17-11-13)15(19)18(2)14-8-4-3-5-9-14/h3-12H,1-2H3. The summed E-state index contributed by atoms with van der Waals surface area (Å²) in [6.07, 6.45) is 2.09. The van der Waals surface area contributed by atoms with Crippen molar-refractivity contribution in [2.75, 3.05) is 11.9 Å². The molecule has 1 unspecified atom stereocenters. The number of nitrogens with zero attached hydrogens (tertiary/aromatic N) is 2. The van der Waals surface area contributed by atoms with Crippen molar-refractivity contribution in [2.45, 2.75) is 13.0 Å². The fourth-order valence-corrected chi connectivity index (χ4v) is 1.81. The number of carbonyl (C=O) groups is 2. The number of aromatic nitrogens is 1. The topological polar surface area (TPSA) is 59.5 Å². The number of ether oxygens (including phenoxy) is 1. The molecule has 0 N–H and O–H groups in total. The fraction of sp³-hybridized carbons (Fsp3) is 0.188. The third-order valence-electron chi connectivity index (χ3n) is 3.00. The van der Waals surface area contributed by atoms with Crippen molar-refractivity contribution in [1.82, 2.24) is 4.98 Å². The Morgan fingerprint density at radius 1 is 1.14 bits per heavy atom. The molecule has 5 nitrogen and oxygen atoms in total. The fourth-order valence-electron chi connectivity index (χ4n) is 1.81. The number of rotatable bonds is 4. The minimum absolute atomic E-state index is 0.293. The number of pyridine rings is 1. The van der Waals surface area contributed by atoms with E-state index in [1.165, 1.54) is 11.1 Å². The minimum Gasteiger partial charge on any atom is -0.449 e. The predicted octanol–water partition coefficient (Wildman–Crippen LogP) is 2.29. The van der Waals surface area contributed by atoms with Gasteiger partial charge in [0.05, 0.1) is 5.56 Å². The normalized spacial score (nSPS) is 11.5. The molecule has 1 aromatic carbocycles. The number of esters is 1. The molecule has 0 radical (unpaired) electrons. The zero-order chi connectivity index (χ0) is 15.2. The maximum absolute atomic E-state index is 12.2. The van der Waals surface area contributed by atoms with Crippen LogP contribution in [0.15, 0.2) is 54.9 Å². The van der Waals surface area contributed by atoms with Crippen molar-refractivity contribution in [1.29, 1.82) is 0 Å². The molecule has 0 saturated carbocycles. The Balaban J connectivity index is 2.01. The van der Waals surface area contributed by atoms with Gasteiger partial charge in [-0.25, -0.2) is 4.79 Å². The second-order valence-electron chi connectivity index (χ2n) is 4.52. The molecule has 5 heteroatoms. The van der Waals surface area contributed by atoms with E-state index in [1.807, 2.05) is 30.3 Å². The first-order valence-corrected chi connectivity index (χ1v) is 6.53. The quantitative estimate of drug-likeness (QED) is 0.808. The van der Waals surface area contributed by atoms with E-state index < -0.39 is 12.1 Å². The van der Waals surface area contributed by atoms with Crippen LogP contribution in [0.2, 0.25) is 0 Å². The molecule has 1 aromatic heterocycles. The largest absolute Gasteiger partial charge is 0.449 e. The van der Waals surface area contributed by atoms with Crippen LogP contribution in [-0.2, 0) is 9.53 Å². The second-order valence-corrected chi connectivity index (χ2v) is 4.52. The van der Waals surface area contributed by atoms with Crippen molar-refractivity contribution >= 4 is 17.6 Å². The van der Waals surface area contributed by atoms with Crippen LogP contribution in [0.25, 0.3) is 0 Å². The van der Waals surface area contributed by atoms with Gasteiger partial charge in [0.25, 0.3) is 5.91 Å². The Morgan fingerprint density at radius 3 is 2.48 bits per heavy atom. The maximum atomic E-state index is 12.2. The number of hydrogen-bond donors (Lipinski definition) is 0. The van der Waals surface area contributed by atoms with E-state index in [2.05, 4.69) is 4.98 Å². The second kappa shape index (κ2) is 6.65. The molecule has 1 heterocycles. The van der Waals surface area contributed by atoms with Crippen LogP contribution in [-0.4, -0.2) is 30.0 Å². The van der Waals surface area contributed by atoms with Gasteiger partial charge in [-0.05, 0) is 31.2 Å². The van der Waals surface area contributed by atoms with Crippen LogP contribution in [0, 0.1) is 0 Å². The molecule has 0 fully saturated rings. The molecule has 108 valence electrons. The van der Waals surface area contributed by atoms with Gasteiger partial charge < -0.3 is 9.64 Å². The van der Waals surface area contributed by atoms with Gasteiger partial charge in [-0.1, -0.05) is 18.2 Å². The summed E-state index contributed by atoms with van der Waals surface area (Å²) in [6, 6.07) is 12.4. The van der Waals surface area contributed by atoms with Crippen molar-refractivity contribution < 1.29 is 14.3 Å². The molecular formula is C16H16N2O3. The maximum Gasteiger partial charge on any atom is 0.340 e. The number of benzene rings is 1. The highest BCUT2D eigenvalue weighted by molar-refractivity contribution is 5.98. The lowest BCUT2D eigenvalue weighted by Gasteiger charge is -2.21. The van der Waals surface area contributed by atoms with Gasteiger partial charge in [-0.2, -0.15) is 0 Å². The Bertz CT molecular complexity index is 614. The zero-order valence-electron chi connectivity index (χ0n) is 11.9. The summed E-state index contributed by atoms with van der Waals surface area (Å²) in [5.74, 6) is -0.858. The molecule has 1 amide bonds.